The highest BCUT2D eigenvalue weighted by atomic mass is 35.5. The van der Waals surface area contributed by atoms with Gasteiger partial charge in [0.05, 0.1) is 24.4 Å². The Labute approximate surface area is 179 Å². The third kappa shape index (κ3) is 5.14. The summed E-state index contributed by atoms with van der Waals surface area (Å²) < 4.78 is 24.8. The molecule has 0 unspecified atom stereocenters. The molecule has 0 aliphatic carbocycles. The number of aromatic nitrogens is 1. The van der Waals surface area contributed by atoms with E-state index in [1.807, 2.05) is 19.0 Å². The number of benzene rings is 2. The van der Waals surface area contributed by atoms with Crippen molar-refractivity contribution < 1.29 is 18.7 Å². The molecule has 0 fully saturated rings. The highest BCUT2D eigenvalue weighted by Gasteiger charge is 2.22. The van der Waals surface area contributed by atoms with Crippen LogP contribution in [0, 0.1) is 5.82 Å². The average molecular weight is 440 g/mol. The molecule has 0 spiro atoms. The van der Waals surface area contributed by atoms with Crippen molar-refractivity contribution in [3.05, 3.63) is 47.8 Å². The van der Waals surface area contributed by atoms with E-state index in [9.17, 15) is 9.18 Å². The molecule has 3 rings (SSSR count). The standard InChI is InChI=1S/C20H22FN3O3S.ClH/c1-23(2)9-10-24(20-22-15-7-6-14(21)12-18(15)28-20)19(25)13-5-8-16(26-3)17(11-13)27-4;/h5-8,11-12H,9-10H2,1-4H3;1H. The topological polar surface area (TPSA) is 54.9 Å². The maximum Gasteiger partial charge on any atom is 0.260 e. The van der Waals surface area contributed by atoms with Crippen LogP contribution in [0.3, 0.4) is 0 Å². The minimum atomic E-state index is -0.325. The Bertz CT molecular complexity index is 996. The van der Waals surface area contributed by atoms with Crippen LogP contribution in [0.25, 0.3) is 10.2 Å². The number of hydrogen-bond donors (Lipinski definition) is 0. The Morgan fingerprint density at radius 3 is 2.45 bits per heavy atom. The molecule has 0 N–H and O–H groups in total. The maximum atomic E-state index is 13.5. The molecular formula is C20H23ClFN3O3S. The number of likely N-dealkylation sites (N-methyl/N-ethyl adjacent to an activating group) is 1. The summed E-state index contributed by atoms with van der Waals surface area (Å²) in [6.07, 6.45) is 0. The summed E-state index contributed by atoms with van der Waals surface area (Å²) in [7, 11) is 6.95. The van der Waals surface area contributed by atoms with Crippen molar-refractivity contribution >= 4 is 45.0 Å². The summed E-state index contributed by atoms with van der Waals surface area (Å²) in [6.45, 7) is 1.10. The number of methoxy groups -OCH3 is 2. The summed E-state index contributed by atoms with van der Waals surface area (Å²) in [5, 5.41) is 0.530. The van der Waals surface area contributed by atoms with Gasteiger partial charge in [0.2, 0.25) is 0 Å². The van der Waals surface area contributed by atoms with Crippen molar-refractivity contribution in [2.75, 3.05) is 46.3 Å². The third-order valence-electron chi connectivity index (χ3n) is 4.22. The van der Waals surface area contributed by atoms with Gasteiger partial charge in [0, 0.05) is 18.7 Å². The number of amides is 1. The number of nitrogens with zero attached hydrogens (tertiary/aromatic N) is 3. The molecule has 1 aromatic heterocycles. The number of rotatable bonds is 7. The van der Waals surface area contributed by atoms with Crippen LogP contribution in [0.5, 0.6) is 11.5 Å². The van der Waals surface area contributed by atoms with Crippen molar-refractivity contribution in [2.45, 2.75) is 0 Å². The SMILES string of the molecule is COc1ccc(C(=O)N(CCN(C)C)c2nc3ccc(F)cc3s2)cc1OC.Cl. The number of thiazole rings is 1. The number of carbonyl (C=O) groups is 1. The summed E-state index contributed by atoms with van der Waals surface area (Å²) in [6, 6.07) is 9.46. The Balaban J connectivity index is 0.00000300. The van der Waals surface area contributed by atoms with Crippen LogP contribution in [-0.4, -0.2) is 57.2 Å². The van der Waals surface area contributed by atoms with Gasteiger partial charge in [-0.3, -0.25) is 9.69 Å². The largest absolute Gasteiger partial charge is 0.493 e. The van der Waals surface area contributed by atoms with Crippen LogP contribution in [0.15, 0.2) is 36.4 Å². The number of halogens is 2. The summed E-state index contributed by atoms with van der Waals surface area (Å²) in [5.41, 5.74) is 1.12. The van der Waals surface area contributed by atoms with Crippen LogP contribution in [0.4, 0.5) is 9.52 Å². The predicted molar refractivity (Wildman–Crippen MR) is 117 cm³/mol. The smallest absolute Gasteiger partial charge is 0.260 e. The van der Waals surface area contributed by atoms with Crippen LogP contribution in [0.2, 0.25) is 0 Å². The Morgan fingerprint density at radius 2 is 1.79 bits per heavy atom. The van der Waals surface area contributed by atoms with Gasteiger partial charge >= 0.3 is 0 Å². The van der Waals surface area contributed by atoms with Gasteiger partial charge in [-0.1, -0.05) is 11.3 Å². The van der Waals surface area contributed by atoms with Crippen LogP contribution >= 0.6 is 23.7 Å². The molecule has 0 radical (unpaired) electrons. The van der Waals surface area contributed by atoms with Gasteiger partial charge in [0.1, 0.15) is 5.82 Å². The number of anilines is 1. The highest BCUT2D eigenvalue weighted by Crippen LogP contribution is 2.32. The molecule has 29 heavy (non-hydrogen) atoms. The van der Waals surface area contributed by atoms with E-state index < -0.39 is 0 Å². The fraction of sp³-hybridized carbons (Fsp3) is 0.300. The van der Waals surface area contributed by atoms with E-state index in [4.69, 9.17) is 9.47 Å². The minimum Gasteiger partial charge on any atom is -0.493 e. The predicted octanol–water partition coefficient (Wildman–Crippen LogP) is 4.08. The molecular weight excluding hydrogens is 417 g/mol. The van der Waals surface area contributed by atoms with Gasteiger partial charge in [-0.15, -0.1) is 12.4 Å². The van der Waals surface area contributed by atoms with Crippen molar-refractivity contribution in [2.24, 2.45) is 0 Å². The third-order valence-corrected chi connectivity index (χ3v) is 5.26. The second-order valence-corrected chi connectivity index (χ2v) is 7.45. The fourth-order valence-corrected chi connectivity index (χ4v) is 3.73. The molecule has 0 saturated carbocycles. The van der Waals surface area contributed by atoms with E-state index in [-0.39, 0.29) is 24.1 Å². The van der Waals surface area contributed by atoms with Crippen LogP contribution in [-0.2, 0) is 0 Å². The van der Waals surface area contributed by atoms with E-state index in [0.29, 0.717) is 45.5 Å². The molecule has 0 atom stereocenters. The molecule has 0 aliphatic heterocycles. The van der Waals surface area contributed by atoms with Crippen LogP contribution < -0.4 is 14.4 Å². The molecule has 0 saturated heterocycles. The molecule has 0 bridgehead atoms. The van der Waals surface area contributed by atoms with Gasteiger partial charge in [-0.2, -0.15) is 0 Å². The van der Waals surface area contributed by atoms with Crippen molar-refractivity contribution in [3.8, 4) is 11.5 Å². The fourth-order valence-electron chi connectivity index (χ4n) is 2.71. The summed E-state index contributed by atoms with van der Waals surface area (Å²) >= 11 is 1.29. The Hall–Kier alpha value is -2.42. The number of hydrogen-bond acceptors (Lipinski definition) is 6. The molecule has 3 aromatic rings. The second-order valence-electron chi connectivity index (χ2n) is 6.44. The lowest BCUT2D eigenvalue weighted by molar-refractivity contribution is 0.0985. The van der Waals surface area contributed by atoms with Gasteiger partial charge in [-0.05, 0) is 50.5 Å². The normalized spacial score (nSPS) is 10.7. The van der Waals surface area contributed by atoms with E-state index in [0.717, 1.165) is 0 Å². The van der Waals surface area contributed by atoms with Gasteiger partial charge in [0.25, 0.3) is 5.91 Å². The molecule has 1 amide bonds. The molecule has 9 heteroatoms. The van der Waals surface area contributed by atoms with Gasteiger partial charge in [0.15, 0.2) is 16.6 Å². The lowest BCUT2D eigenvalue weighted by Crippen LogP contribution is -2.36. The zero-order valence-corrected chi connectivity index (χ0v) is 18.3. The molecule has 1 heterocycles. The zero-order chi connectivity index (χ0) is 20.3. The summed E-state index contributed by atoms with van der Waals surface area (Å²) in [4.78, 5) is 21.4. The number of carbonyl (C=O) groups excluding carboxylic acids is 1. The first kappa shape index (κ1) is 22.9. The first-order chi connectivity index (χ1) is 13.4. The Morgan fingerprint density at radius 1 is 1.07 bits per heavy atom. The van der Waals surface area contributed by atoms with Crippen molar-refractivity contribution in [1.29, 1.82) is 0 Å². The van der Waals surface area contributed by atoms with E-state index in [1.54, 1.807) is 36.3 Å². The molecule has 2 aromatic carbocycles. The van der Waals surface area contributed by atoms with Gasteiger partial charge < -0.3 is 14.4 Å². The quantitative estimate of drug-likeness (QED) is 0.555. The lowest BCUT2D eigenvalue weighted by Gasteiger charge is -2.22. The minimum absolute atomic E-state index is 0. The lowest BCUT2D eigenvalue weighted by atomic mass is 10.1. The monoisotopic (exact) mass is 439 g/mol. The molecule has 156 valence electrons. The highest BCUT2D eigenvalue weighted by molar-refractivity contribution is 7.22. The van der Waals surface area contributed by atoms with E-state index in [2.05, 4.69) is 4.98 Å². The van der Waals surface area contributed by atoms with Gasteiger partial charge in [-0.25, -0.2) is 9.37 Å². The first-order valence-corrected chi connectivity index (χ1v) is 9.49. The second kappa shape index (κ2) is 9.87. The van der Waals surface area contributed by atoms with E-state index in [1.165, 1.54) is 30.6 Å². The van der Waals surface area contributed by atoms with E-state index >= 15 is 0 Å². The van der Waals surface area contributed by atoms with Crippen molar-refractivity contribution in [3.63, 3.8) is 0 Å². The average Bonchev–Trinajstić information content (AvgIpc) is 3.09. The summed E-state index contributed by atoms with van der Waals surface area (Å²) in [5.74, 6) is 0.498. The number of fused-ring (bicyclic) bond motifs is 1. The first-order valence-electron chi connectivity index (χ1n) is 8.67. The molecule has 6 nitrogen and oxygen atoms in total. The van der Waals surface area contributed by atoms with Crippen molar-refractivity contribution in [1.82, 2.24) is 9.88 Å². The zero-order valence-electron chi connectivity index (χ0n) is 16.6. The van der Waals surface area contributed by atoms with Crippen LogP contribution in [0.1, 0.15) is 10.4 Å². The molecule has 0 aliphatic rings. The number of ether oxygens (including phenoxy) is 2. The Kier molecular flexibility index (Phi) is 7.78. The maximum absolute atomic E-state index is 13.5.